The Morgan fingerprint density at radius 3 is 3.21 bits per heavy atom. The summed E-state index contributed by atoms with van der Waals surface area (Å²) >= 11 is 0. The van der Waals surface area contributed by atoms with Gasteiger partial charge in [0.15, 0.2) is 0 Å². The van der Waals surface area contributed by atoms with Crippen LogP contribution in [0, 0.1) is 11.9 Å². The molecule has 0 spiro atoms. The Labute approximate surface area is 81.1 Å². The van der Waals surface area contributed by atoms with Crippen molar-refractivity contribution >= 4 is 0 Å². The normalized spacial score (nSPS) is 21.1. The van der Waals surface area contributed by atoms with Gasteiger partial charge in [0.25, 0.3) is 0 Å². The number of nitrogens with zero attached hydrogens (tertiary/aromatic N) is 2. The molecule has 0 N–H and O–H groups in total. The third kappa shape index (κ3) is 2.38. The van der Waals surface area contributed by atoms with Crippen molar-refractivity contribution < 1.29 is 13.9 Å². The molecule has 1 aromatic heterocycles. The quantitative estimate of drug-likeness (QED) is 0.680. The highest BCUT2D eigenvalue weighted by molar-refractivity contribution is 5.05. The lowest BCUT2D eigenvalue weighted by molar-refractivity contribution is 0.165. The van der Waals surface area contributed by atoms with Gasteiger partial charge >= 0.3 is 0 Å². The van der Waals surface area contributed by atoms with E-state index in [4.69, 9.17) is 9.47 Å². The number of ether oxygens (including phenoxy) is 2. The van der Waals surface area contributed by atoms with Crippen molar-refractivity contribution in [2.75, 3.05) is 19.8 Å². The topological polar surface area (TPSA) is 44.2 Å². The SMILES string of the molecule is Fc1cc(OCC2CCOC2)ncn1. The second-order valence-corrected chi connectivity index (χ2v) is 3.22. The lowest BCUT2D eigenvalue weighted by atomic mass is 10.1. The fourth-order valence-corrected chi connectivity index (χ4v) is 1.31. The second-order valence-electron chi connectivity index (χ2n) is 3.22. The van der Waals surface area contributed by atoms with Gasteiger partial charge in [-0.3, -0.25) is 0 Å². The monoisotopic (exact) mass is 198 g/mol. The minimum absolute atomic E-state index is 0.282. The van der Waals surface area contributed by atoms with Crippen molar-refractivity contribution in [3.05, 3.63) is 18.3 Å². The Morgan fingerprint density at radius 1 is 1.57 bits per heavy atom. The average molecular weight is 198 g/mol. The molecule has 0 aromatic carbocycles. The summed E-state index contributed by atoms with van der Waals surface area (Å²) in [6, 6.07) is 1.18. The lowest BCUT2D eigenvalue weighted by Crippen LogP contribution is -2.12. The van der Waals surface area contributed by atoms with Gasteiger partial charge in [0.1, 0.15) is 6.33 Å². The van der Waals surface area contributed by atoms with Crippen LogP contribution in [-0.2, 0) is 4.74 Å². The molecule has 1 aliphatic heterocycles. The third-order valence-corrected chi connectivity index (χ3v) is 2.10. The zero-order valence-electron chi connectivity index (χ0n) is 7.65. The zero-order valence-corrected chi connectivity index (χ0v) is 7.65. The molecule has 1 fully saturated rings. The van der Waals surface area contributed by atoms with Crippen LogP contribution in [0.25, 0.3) is 0 Å². The van der Waals surface area contributed by atoms with Gasteiger partial charge in [0.05, 0.1) is 19.3 Å². The Bertz CT molecular complexity index is 303. The van der Waals surface area contributed by atoms with Crippen molar-refractivity contribution in [3.63, 3.8) is 0 Å². The van der Waals surface area contributed by atoms with Crippen LogP contribution in [0.4, 0.5) is 4.39 Å². The van der Waals surface area contributed by atoms with E-state index < -0.39 is 5.95 Å². The standard InChI is InChI=1S/C9H11FN2O2/c10-8-3-9(12-6-11-8)14-5-7-1-2-13-4-7/h3,6-7H,1-2,4-5H2. The van der Waals surface area contributed by atoms with Gasteiger partial charge in [-0.2, -0.15) is 4.39 Å². The number of hydrogen-bond acceptors (Lipinski definition) is 4. The first-order valence-electron chi connectivity index (χ1n) is 4.52. The maximum absolute atomic E-state index is 12.6. The molecule has 1 aliphatic rings. The van der Waals surface area contributed by atoms with Crippen LogP contribution >= 0.6 is 0 Å². The number of halogens is 1. The largest absolute Gasteiger partial charge is 0.477 e. The summed E-state index contributed by atoms with van der Waals surface area (Å²) in [6.45, 7) is 2.02. The van der Waals surface area contributed by atoms with Gasteiger partial charge in [-0.05, 0) is 6.42 Å². The Hall–Kier alpha value is -1.23. The van der Waals surface area contributed by atoms with Crippen LogP contribution in [0.5, 0.6) is 5.88 Å². The third-order valence-electron chi connectivity index (χ3n) is 2.10. The highest BCUT2D eigenvalue weighted by atomic mass is 19.1. The zero-order chi connectivity index (χ0) is 9.80. The van der Waals surface area contributed by atoms with Crippen LogP contribution in [0.3, 0.4) is 0 Å². The molecule has 0 bridgehead atoms. The van der Waals surface area contributed by atoms with Crippen molar-refractivity contribution in [2.24, 2.45) is 5.92 Å². The molecular weight excluding hydrogens is 187 g/mol. The first kappa shape index (κ1) is 9.33. The maximum atomic E-state index is 12.6. The lowest BCUT2D eigenvalue weighted by Gasteiger charge is -2.08. The van der Waals surface area contributed by atoms with Gasteiger partial charge in [-0.15, -0.1) is 0 Å². The highest BCUT2D eigenvalue weighted by Gasteiger charge is 2.16. The first-order chi connectivity index (χ1) is 6.84. The van der Waals surface area contributed by atoms with Gasteiger partial charge in [-0.25, -0.2) is 9.97 Å². The molecular formula is C9H11FN2O2. The summed E-state index contributed by atoms with van der Waals surface area (Å²) in [4.78, 5) is 7.12. The van der Waals surface area contributed by atoms with Crippen molar-refractivity contribution in [1.82, 2.24) is 9.97 Å². The van der Waals surface area contributed by atoms with Crippen LogP contribution in [-0.4, -0.2) is 29.8 Å². The predicted molar refractivity (Wildman–Crippen MR) is 46.4 cm³/mol. The molecule has 1 atom stereocenters. The molecule has 2 rings (SSSR count). The summed E-state index contributed by atoms with van der Waals surface area (Å²) < 4.78 is 23.1. The Balaban J connectivity index is 1.85. The first-order valence-corrected chi connectivity index (χ1v) is 4.52. The number of rotatable bonds is 3. The molecule has 1 unspecified atom stereocenters. The minimum Gasteiger partial charge on any atom is -0.477 e. The molecule has 2 heterocycles. The molecule has 1 saturated heterocycles. The van der Waals surface area contributed by atoms with E-state index in [0.717, 1.165) is 19.4 Å². The van der Waals surface area contributed by atoms with E-state index in [0.29, 0.717) is 19.1 Å². The van der Waals surface area contributed by atoms with E-state index >= 15 is 0 Å². The fourth-order valence-electron chi connectivity index (χ4n) is 1.31. The van der Waals surface area contributed by atoms with Crippen LogP contribution in [0.2, 0.25) is 0 Å². The number of hydrogen-bond donors (Lipinski definition) is 0. The van der Waals surface area contributed by atoms with E-state index in [1.165, 1.54) is 6.07 Å². The second kappa shape index (κ2) is 4.32. The average Bonchev–Trinajstić information content (AvgIpc) is 2.67. The molecule has 0 radical (unpaired) electrons. The summed E-state index contributed by atoms with van der Waals surface area (Å²) in [5.74, 6) is 0.107. The smallest absolute Gasteiger partial charge is 0.219 e. The highest BCUT2D eigenvalue weighted by Crippen LogP contribution is 2.14. The van der Waals surface area contributed by atoms with E-state index in [1.54, 1.807) is 0 Å². The van der Waals surface area contributed by atoms with Crippen molar-refractivity contribution in [1.29, 1.82) is 0 Å². The van der Waals surface area contributed by atoms with Crippen LogP contribution in [0.15, 0.2) is 12.4 Å². The van der Waals surface area contributed by atoms with Gasteiger partial charge < -0.3 is 9.47 Å². The molecule has 0 saturated carbocycles. The van der Waals surface area contributed by atoms with Crippen molar-refractivity contribution in [2.45, 2.75) is 6.42 Å². The molecule has 0 aliphatic carbocycles. The molecule has 76 valence electrons. The molecule has 14 heavy (non-hydrogen) atoms. The van der Waals surface area contributed by atoms with E-state index in [1.807, 2.05) is 0 Å². The Morgan fingerprint density at radius 2 is 2.50 bits per heavy atom. The number of aromatic nitrogens is 2. The Kier molecular flexibility index (Phi) is 2.88. The van der Waals surface area contributed by atoms with E-state index in [9.17, 15) is 4.39 Å². The summed E-state index contributed by atoms with van der Waals surface area (Å²) in [5, 5.41) is 0. The van der Waals surface area contributed by atoms with Gasteiger partial charge in [0.2, 0.25) is 11.8 Å². The maximum Gasteiger partial charge on any atom is 0.219 e. The van der Waals surface area contributed by atoms with E-state index in [2.05, 4.69) is 9.97 Å². The van der Waals surface area contributed by atoms with Crippen molar-refractivity contribution in [3.8, 4) is 5.88 Å². The predicted octanol–water partition coefficient (Wildman–Crippen LogP) is 1.03. The molecule has 4 nitrogen and oxygen atoms in total. The van der Waals surface area contributed by atoms with Crippen LogP contribution in [0.1, 0.15) is 6.42 Å². The van der Waals surface area contributed by atoms with Gasteiger partial charge in [-0.1, -0.05) is 0 Å². The van der Waals surface area contributed by atoms with Gasteiger partial charge in [0, 0.05) is 12.5 Å². The molecule has 1 aromatic rings. The summed E-state index contributed by atoms with van der Waals surface area (Å²) in [6.07, 6.45) is 2.14. The molecule has 5 heteroatoms. The minimum atomic E-state index is -0.572. The summed E-state index contributed by atoms with van der Waals surface area (Å²) in [5.41, 5.74) is 0. The van der Waals surface area contributed by atoms with E-state index in [-0.39, 0.29) is 5.88 Å². The molecule has 0 amide bonds. The summed E-state index contributed by atoms with van der Waals surface area (Å²) in [7, 11) is 0. The fraction of sp³-hybridized carbons (Fsp3) is 0.556. The van der Waals surface area contributed by atoms with Crippen LogP contribution < -0.4 is 4.74 Å².